The summed E-state index contributed by atoms with van der Waals surface area (Å²) >= 11 is 0. The van der Waals surface area contributed by atoms with Gasteiger partial charge in [0.15, 0.2) is 0 Å². The Bertz CT molecular complexity index is 576. The van der Waals surface area contributed by atoms with Gasteiger partial charge in [0.05, 0.1) is 0 Å². The summed E-state index contributed by atoms with van der Waals surface area (Å²) < 4.78 is 26.3. The molecule has 0 unspecified atom stereocenters. The molecule has 1 fully saturated rings. The maximum atomic E-state index is 13.1. The summed E-state index contributed by atoms with van der Waals surface area (Å²) in [5.41, 5.74) is 3.06. The standard InChI is InChI=1S/C18H17F2S/c19-16-7-3-14(4-8-16)18(13-21-11-1-2-12-21)15-5-9-17(20)10-6-15/h3-10,13H,1-2,11-12H2/q+1. The third-order valence-corrected chi connectivity index (χ3v) is 5.85. The van der Waals surface area contributed by atoms with Crippen LogP contribution >= 0.6 is 0 Å². The van der Waals surface area contributed by atoms with E-state index in [0.717, 1.165) is 16.7 Å². The van der Waals surface area contributed by atoms with Gasteiger partial charge >= 0.3 is 0 Å². The highest BCUT2D eigenvalue weighted by atomic mass is 32.2. The summed E-state index contributed by atoms with van der Waals surface area (Å²) in [6, 6.07) is 13.1. The average Bonchev–Trinajstić information content (AvgIpc) is 3.00. The molecule has 1 aliphatic heterocycles. The number of benzene rings is 2. The second kappa shape index (κ2) is 6.44. The molecule has 1 saturated heterocycles. The molecule has 0 atom stereocenters. The van der Waals surface area contributed by atoms with Crippen LogP contribution in [0, 0.1) is 11.6 Å². The smallest absolute Gasteiger partial charge is 0.127 e. The molecule has 21 heavy (non-hydrogen) atoms. The van der Waals surface area contributed by atoms with Crippen molar-refractivity contribution in [2.75, 3.05) is 11.5 Å². The van der Waals surface area contributed by atoms with Crippen molar-refractivity contribution < 1.29 is 8.78 Å². The van der Waals surface area contributed by atoms with Gasteiger partial charge in [-0.25, -0.2) is 8.78 Å². The maximum absolute atomic E-state index is 13.1. The van der Waals surface area contributed by atoms with Gasteiger partial charge in [0.2, 0.25) is 0 Å². The predicted molar refractivity (Wildman–Crippen MR) is 86.2 cm³/mol. The van der Waals surface area contributed by atoms with Gasteiger partial charge < -0.3 is 0 Å². The fraction of sp³-hybridized carbons (Fsp3) is 0.222. The second-order valence-corrected chi connectivity index (χ2v) is 7.33. The van der Waals surface area contributed by atoms with Gasteiger partial charge in [0.1, 0.15) is 28.5 Å². The van der Waals surface area contributed by atoms with Crippen LogP contribution in [0.4, 0.5) is 8.78 Å². The monoisotopic (exact) mass is 303 g/mol. The molecule has 3 heteroatoms. The zero-order chi connectivity index (χ0) is 14.7. The predicted octanol–water partition coefficient (Wildman–Crippen LogP) is 4.77. The van der Waals surface area contributed by atoms with Crippen molar-refractivity contribution in [2.24, 2.45) is 0 Å². The molecule has 0 amide bonds. The van der Waals surface area contributed by atoms with Gasteiger partial charge in [-0.05, 0) is 48.2 Å². The Morgan fingerprint density at radius 3 is 1.62 bits per heavy atom. The lowest BCUT2D eigenvalue weighted by Crippen LogP contribution is -2.01. The topological polar surface area (TPSA) is 0 Å². The molecule has 0 nitrogen and oxygen atoms in total. The maximum Gasteiger partial charge on any atom is 0.127 e. The molecule has 0 bridgehead atoms. The lowest BCUT2D eigenvalue weighted by Gasteiger charge is -2.08. The fourth-order valence-corrected chi connectivity index (χ4v) is 4.72. The molecule has 0 radical (unpaired) electrons. The quantitative estimate of drug-likeness (QED) is 0.717. The van der Waals surface area contributed by atoms with Crippen molar-refractivity contribution in [3.8, 4) is 0 Å². The number of hydrogen-bond donors (Lipinski definition) is 0. The minimum absolute atomic E-state index is 0.236. The van der Waals surface area contributed by atoms with Crippen molar-refractivity contribution >= 4 is 16.5 Å². The molecular formula is C18H17F2S+. The van der Waals surface area contributed by atoms with Crippen molar-refractivity contribution in [3.05, 3.63) is 76.7 Å². The van der Waals surface area contributed by atoms with Crippen LogP contribution in [0.2, 0.25) is 0 Å². The summed E-state index contributed by atoms with van der Waals surface area (Å²) in [5, 5.41) is 2.30. The first-order chi connectivity index (χ1) is 10.2. The van der Waals surface area contributed by atoms with Gasteiger partial charge in [-0.1, -0.05) is 24.3 Å². The Labute approximate surface area is 126 Å². The van der Waals surface area contributed by atoms with Gasteiger partial charge in [0.25, 0.3) is 0 Å². The van der Waals surface area contributed by atoms with E-state index in [1.165, 1.54) is 48.6 Å². The van der Waals surface area contributed by atoms with Crippen LogP contribution in [0.3, 0.4) is 0 Å². The summed E-state index contributed by atoms with van der Waals surface area (Å²) in [4.78, 5) is 0. The molecule has 0 saturated carbocycles. The largest absolute Gasteiger partial charge is 0.207 e. The normalized spacial score (nSPS) is 15.1. The zero-order valence-corrected chi connectivity index (χ0v) is 12.5. The van der Waals surface area contributed by atoms with Crippen LogP contribution in [0.5, 0.6) is 0 Å². The van der Waals surface area contributed by atoms with Crippen molar-refractivity contribution in [2.45, 2.75) is 12.8 Å². The molecule has 0 spiro atoms. The van der Waals surface area contributed by atoms with E-state index in [1.54, 1.807) is 24.3 Å². The van der Waals surface area contributed by atoms with Crippen molar-refractivity contribution in [1.29, 1.82) is 0 Å². The summed E-state index contributed by atoms with van der Waals surface area (Å²) in [6.07, 6.45) is 2.56. The van der Waals surface area contributed by atoms with E-state index in [4.69, 9.17) is 0 Å². The first-order valence-electron chi connectivity index (χ1n) is 7.12. The number of hydrogen-bond acceptors (Lipinski definition) is 0. The SMILES string of the molecule is Fc1ccc(C(=C[S+]2CCCC2)c2ccc(F)cc2)cc1. The molecule has 1 heterocycles. The van der Waals surface area contributed by atoms with Crippen LogP contribution < -0.4 is 0 Å². The van der Waals surface area contributed by atoms with Crippen molar-refractivity contribution in [1.82, 2.24) is 0 Å². The van der Waals surface area contributed by atoms with Crippen LogP contribution in [0.15, 0.2) is 53.9 Å². The molecule has 0 aromatic heterocycles. The fourth-order valence-electron chi connectivity index (χ4n) is 2.52. The molecule has 108 valence electrons. The van der Waals surface area contributed by atoms with Gasteiger partial charge in [0, 0.05) is 16.5 Å². The summed E-state index contributed by atoms with van der Waals surface area (Å²) in [5.74, 6) is 1.98. The average molecular weight is 303 g/mol. The molecule has 0 N–H and O–H groups in total. The van der Waals surface area contributed by atoms with Gasteiger partial charge in [-0.3, -0.25) is 0 Å². The first-order valence-corrected chi connectivity index (χ1v) is 8.75. The molecule has 3 rings (SSSR count). The van der Waals surface area contributed by atoms with Crippen LogP contribution in [-0.2, 0) is 10.9 Å². The lowest BCUT2D eigenvalue weighted by molar-refractivity contribution is 0.627. The van der Waals surface area contributed by atoms with Crippen LogP contribution in [0.1, 0.15) is 24.0 Å². The van der Waals surface area contributed by atoms with Gasteiger partial charge in [-0.2, -0.15) is 0 Å². The number of halogens is 2. The van der Waals surface area contributed by atoms with E-state index >= 15 is 0 Å². The minimum atomic E-state index is -0.236. The Balaban J connectivity index is 2.01. The minimum Gasteiger partial charge on any atom is -0.207 e. The molecule has 1 aliphatic rings. The van der Waals surface area contributed by atoms with Crippen LogP contribution in [0.25, 0.3) is 5.57 Å². The summed E-state index contributed by atoms with van der Waals surface area (Å²) in [7, 11) is 0.281. The Morgan fingerprint density at radius 1 is 0.762 bits per heavy atom. The van der Waals surface area contributed by atoms with E-state index < -0.39 is 0 Å². The Morgan fingerprint density at radius 2 is 1.19 bits per heavy atom. The highest BCUT2D eigenvalue weighted by Gasteiger charge is 2.23. The van der Waals surface area contributed by atoms with Gasteiger partial charge in [-0.15, -0.1) is 0 Å². The Hall–Kier alpha value is -1.61. The lowest BCUT2D eigenvalue weighted by atomic mass is 10.00. The van der Waals surface area contributed by atoms with E-state index in [-0.39, 0.29) is 22.5 Å². The van der Waals surface area contributed by atoms with E-state index in [9.17, 15) is 8.78 Å². The highest BCUT2D eigenvalue weighted by molar-refractivity contribution is 8.00. The molecular weight excluding hydrogens is 286 g/mol. The molecule has 2 aromatic rings. The molecule has 0 aliphatic carbocycles. The second-order valence-electron chi connectivity index (χ2n) is 5.20. The van der Waals surface area contributed by atoms with Crippen molar-refractivity contribution in [3.63, 3.8) is 0 Å². The van der Waals surface area contributed by atoms with E-state index in [0.29, 0.717) is 0 Å². The molecule has 2 aromatic carbocycles. The van der Waals surface area contributed by atoms with Crippen LogP contribution in [-0.4, -0.2) is 11.5 Å². The zero-order valence-electron chi connectivity index (χ0n) is 11.7. The van der Waals surface area contributed by atoms with E-state index in [1.807, 2.05) is 0 Å². The van der Waals surface area contributed by atoms with E-state index in [2.05, 4.69) is 5.41 Å². The third kappa shape index (κ3) is 3.53. The first kappa shape index (κ1) is 14.3. The third-order valence-electron chi connectivity index (χ3n) is 3.66. The number of rotatable bonds is 3. The Kier molecular flexibility index (Phi) is 4.39. The summed E-state index contributed by atoms with van der Waals surface area (Å²) in [6.45, 7) is 0. The highest BCUT2D eigenvalue weighted by Crippen LogP contribution is 2.28.